The molecule has 24 heavy (non-hydrogen) atoms. The van der Waals surface area contributed by atoms with E-state index in [2.05, 4.69) is 22.1 Å². The second kappa shape index (κ2) is 6.31. The molecule has 2 aliphatic rings. The molecule has 0 atom stereocenters. The van der Waals surface area contributed by atoms with Crippen molar-refractivity contribution in [1.82, 2.24) is 19.2 Å². The molecule has 0 spiro atoms. The Morgan fingerprint density at radius 2 is 2.17 bits per heavy atom. The minimum Gasteiger partial charge on any atom is -0.497 e. The molecule has 128 valence electrons. The van der Waals surface area contributed by atoms with Gasteiger partial charge in [-0.2, -0.15) is 5.10 Å². The highest BCUT2D eigenvalue weighted by atomic mass is 32.1. The summed E-state index contributed by atoms with van der Waals surface area (Å²) >= 11 is 5.59. The molecule has 1 aromatic carbocycles. The first-order chi connectivity index (χ1) is 11.7. The van der Waals surface area contributed by atoms with E-state index >= 15 is 0 Å². The second-order valence-electron chi connectivity index (χ2n) is 6.54. The van der Waals surface area contributed by atoms with E-state index < -0.39 is 0 Å². The maximum Gasteiger partial charge on any atom is 0.199 e. The summed E-state index contributed by atoms with van der Waals surface area (Å²) in [6.45, 7) is 2.43. The Bertz CT molecular complexity index is 809. The summed E-state index contributed by atoms with van der Waals surface area (Å²) in [4.78, 5) is 2.34. The number of rotatable bonds is 5. The van der Waals surface area contributed by atoms with Crippen molar-refractivity contribution in [3.63, 3.8) is 0 Å². The summed E-state index contributed by atoms with van der Waals surface area (Å²) in [5, 5.41) is 14.1. The third-order valence-electron chi connectivity index (χ3n) is 4.83. The highest BCUT2D eigenvalue weighted by Gasteiger charge is 2.28. The summed E-state index contributed by atoms with van der Waals surface area (Å²) in [5.41, 5.74) is 2.69. The van der Waals surface area contributed by atoms with Gasteiger partial charge in [0.15, 0.2) is 10.6 Å². The Balaban J connectivity index is 1.55. The second-order valence-corrected chi connectivity index (χ2v) is 6.90. The number of aromatic nitrogens is 3. The maximum atomic E-state index is 9.56. The van der Waals surface area contributed by atoms with Crippen molar-refractivity contribution >= 4 is 12.2 Å². The highest BCUT2D eigenvalue weighted by molar-refractivity contribution is 7.71. The van der Waals surface area contributed by atoms with Crippen molar-refractivity contribution in [2.45, 2.75) is 45.1 Å². The SMILES string of the molecule is COc1ccc2c(c1)CN(Cn1nc(CO)n(C3CC3)c1=S)CC2. The van der Waals surface area contributed by atoms with Crippen molar-refractivity contribution < 1.29 is 9.84 Å². The zero-order valence-electron chi connectivity index (χ0n) is 13.8. The summed E-state index contributed by atoms with van der Waals surface area (Å²) in [6.07, 6.45) is 3.27. The average Bonchev–Trinajstić information content (AvgIpc) is 3.39. The molecule has 1 aliphatic heterocycles. The number of aliphatic hydroxyl groups excluding tert-OH is 1. The first-order valence-electron chi connectivity index (χ1n) is 8.37. The minimum atomic E-state index is -0.0623. The Hall–Kier alpha value is -1.70. The zero-order chi connectivity index (χ0) is 16.7. The lowest BCUT2D eigenvalue weighted by Gasteiger charge is -2.28. The van der Waals surface area contributed by atoms with Gasteiger partial charge in [-0.3, -0.25) is 9.47 Å². The van der Waals surface area contributed by atoms with Crippen LogP contribution >= 0.6 is 12.2 Å². The van der Waals surface area contributed by atoms with Crippen LogP contribution in [-0.4, -0.2) is 38.0 Å². The molecule has 1 fully saturated rings. The van der Waals surface area contributed by atoms with Gasteiger partial charge >= 0.3 is 0 Å². The molecule has 0 amide bonds. The molecule has 0 saturated heterocycles. The van der Waals surface area contributed by atoms with Crippen molar-refractivity contribution in [3.8, 4) is 5.75 Å². The smallest absolute Gasteiger partial charge is 0.199 e. The predicted molar refractivity (Wildman–Crippen MR) is 92.4 cm³/mol. The lowest BCUT2D eigenvalue weighted by Crippen LogP contribution is -2.32. The van der Waals surface area contributed by atoms with E-state index in [0.717, 1.165) is 42.9 Å². The van der Waals surface area contributed by atoms with Gasteiger partial charge in [-0.25, -0.2) is 4.68 Å². The standard InChI is InChI=1S/C17H22N4O2S/c1-23-15-5-2-12-6-7-19(9-13(12)8-15)11-20-17(24)21(14-3-4-14)16(10-22)18-20/h2,5,8,14,22H,3-4,6-7,9-11H2,1H3. The monoisotopic (exact) mass is 346 g/mol. The zero-order valence-corrected chi connectivity index (χ0v) is 14.6. The number of aliphatic hydroxyl groups is 1. The van der Waals surface area contributed by atoms with Gasteiger partial charge in [0.2, 0.25) is 0 Å². The van der Waals surface area contributed by atoms with Crippen molar-refractivity contribution in [2.24, 2.45) is 0 Å². The van der Waals surface area contributed by atoms with Crippen LogP contribution in [0.25, 0.3) is 0 Å². The van der Waals surface area contributed by atoms with Crippen LogP contribution in [0.1, 0.15) is 35.8 Å². The van der Waals surface area contributed by atoms with Crippen molar-refractivity contribution in [1.29, 1.82) is 0 Å². The van der Waals surface area contributed by atoms with Gasteiger partial charge in [0.25, 0.3) is 0 Å². The van der Waals surface area contributed by atoms with E-state index in [-0.39, 0.29) is 6.61 Å². The number of benzene rings is 1. The molecular formula is C17H22N4O2S. The molecule has 0 bridgehead atoms. The maximum absolute atomic E-state index is 9.56. The summed E-state index contributed by atoms with van der Waals surface area (Å²) in [7, 11) is 1.70. The van der Waals surface area contributed by atoms with Crippen LogP contribution in [0.2, 0.25) is 0 Å². The predicted octanol–water partition coefficient (Wildman–Crippen LogP) is 2.27. The van der Waals surface area contributed by atoms with Crippen LogP contribution in [0, 0.1) is 4.77 Å². The van der Waals surface area contributed by atoms with E-state index in [1.165, 1.54) is 11.1 Å². The van der Waals surface area contributed by atoms with Crippen LogP contribution in [0.15, 0.2) is 18.2 Å². The Kier molecular flexibility index (Phi) is 4.15. The van der Waals surface area contributed by atoms with Gasteiger partial charge in [0.05, 0.1) is 13.8 Å². The molecule has 2 heterocycles. The first-order valence-corrected chi connectivity index (χ1v) is 8.77. The van der Waals surface area contributed by atoms with Crippen molar-refractivity contribution in [3.05, 3.63) is 39.9 Å². The van der Waals surface area contributed by atoms with Gasteiger partial charge in [-0.05, 0) is 54.7 Å². The quantitative estimate of drug-likeness (QED) is 0.842. The average molecular weight is 346 g/mol. The van der Waals surface area contributed by atoms with Gasteiger partial charge in [-0.1, -0.05) is 6.07 Å². The third kappa shape index (κ3) is 2.87. The molecule has 6 nitrogen and oxygen atoms in total. The Morgan fingerprint density at radius 1 is 1.33 bits per heavy atom. The largest absolute Gasteiger partial charge is 0.497 e. The van der Waals surface area contributed by atoms with Crippen LogP contribution in [-0.2, 0) is 26.2 Å². The fourth-order valence-corrected chi connectivity index (χ4v) is 3.75. The molecule has 7 heteroatoms. The number of hydrogen-bond acceptors (Lipinski definition) is 5. The molecule has 0 unspecified atom stereocenters. The van der Waals surface area contributed by atoms with Crippen LogP contribution in [0.5, 0.6) is 5.75 Å². The molecule has 1 aromatic heterocycles. The van der Waals surface area contributed by atoms with Crippen LogP contribution in [0.4, 0.5) is 0 Å². The molecule has 2 aromatic rings. The van der Waals surface area contributed by atoms with Gasteiger partial charge in [0.1, 0.15) is 12.4 Å². The molecule has 4 rings (SSSR count). The fraction of sp³-hybridized carbons (Fsp3) is 0.529. The molecule has 0 radical (unpaired) electrons. The van der Waals surface area contributed by atoms with Crippen molar-refractivity contribution in [2.75, 3.05) is 13.7 Å². The molecule has 1 aliphatic carbocycles. The van der Waals surface area contributed by atoms with E-state index in [9.17, 15) is 5.11 Å². The molecular weight excluding hydrogens is 324 g/mol. The Labute approximate surface area is 146 Å². The van der Waals surface area contributed by atoms with Gasteiger partial charge in [-0.15, -0.1) is 0 Å². The number of fused-ring (bicyclic) bond motifs is 1. The lowest BCUT2D eigenvalue weighted by molar-refractivity contribution is 0.186. The first kappa shape index (κ1) is 15.8. The lowest BCUT2D eigenvalue weighted by atomic mass is 10.00. The van der Waals surface area contributed by atoms with Gasteiger partial charge in [0, 0.05) is 19.1 Å². The number of nitrogens with zero attached hydrogens (tertiary/aromatic N) is 4. The van der Waals surface area contributed by atoms with E-state index in [1.54, 1.807) is 7.11 Å². The molecule has 1 saturated carbocycles. The third-order valence-corrected chi connectivity index (χ3v) is 5.24. The van der Waals surface area contributed by atoms with E-state index in [1.807, 2.05) is 15.3 Å². The fourth-order valence-electron chi connectivity index (χ4n) is 3.39. The number of hydrogen-bond donors (Lipinski definition) is 1. The van der Waals surface area contributed by atoms with Gasteiger partial charge < -0.3 is 9.84 Å². The highest BCUT2D eigenvalue weighted by Crippen LogP contribution is 2.36. The minimum absolute atomic E-state index is 0.0623. The normalized spacial score (nSPS) is 17.8. The Morgan fingerprint density at radius 3 is 2.88 bits per heavy atom. The number of ether oxygens (including phenoxy) is 1. The summed E-state index contributed by atoms with van der Waals surface area (Å²) < 4.78 is 9.93. The van der Waals surface area contributed by atoms with Crippen LogP contribution in [0.3, 0.4) is 0 Å². The summed E-state index contributed by atoms with van der Waals surface area (Å²) in [6, 6.07) is 6.72. The van der Waals surface area contributed by atoms with E-state index in [0.29, 0.717) is 18.5 Å². The number of methoxy groups -OCH3 is 1. The molecule has 1 N–H and O–H groups in total. The van der Waals surface area contributed by atoms with E-state index in [4.69, 9.17) is 17.0 Å². The van der Waals surface area contributed by atoms with Crippen LogP contribution < -0.4 is 4.74 Å². The topological polar surface area (TPSA) is 55.4 Å². The summed E-state index contributed by atoms with van der Waals surface area (Å²) in [5.74, 6) is 1.58.